The zero-order valence-corrected chi connectivity index (χ0v) is 13.9. The normalized spacial score (nSPS) is 15.9. The topological polar surface area (TPSA) is 3.24 Å². The molecule has 0 spiro atoms. The summed E-state index contributed by atoms with van der Waals surface area (Å²) < 4.78 is 0. The van der Waals surface area contributed by atoms with Gasteiger partial charge in [-0.15, -0.1) is 0 Å². The first-order chi connectivity index (χ1) is 9.51. The van der Waals surface area contributed by atoms with E-state index in [0.717, 1.165) is 6.54 Å². The Balaban J connectivity index is 2.24. The lowest BCUT2D eigenvalue weighted by molar-refractivity contribution is 0.652. The first kappa shape index (κ1) is 13.4. The fourth-order valence-corrected chi connectivity index (χ4v) is 6.34. The minimum absolute atomic E-state index is 0.652. The number of rotatable bonds is 2. The number of para-hydroxylation sites is 2. The van der Waals surface area contributed by atoms with E-state index in [9.17, 15) is 0 Å². The van der Waals surface area contributed by atoms with E-state index in [-0.39, 0.29) is 0 Å². The highest BCUT2D eigenvalue weighted by atomic mass is 28.3. The molecule has 0 radical (unpaired) electrons. The maximum Gasteiger partial charge on any atom is 0.117 e. The molecule has 2 heteroatoms. The maximum atomic E-state index is 2.52. The highest BCUT2D eigenvalue weighted by Gasteiger charge is 2.37. The van der Waals surface area contributed by atoms with Crippen LogP contribution in [0.4, 0.5) is 11.4 Å². The number of benzene rings is 2. The van der Waals surface area contributed by atoms with Crippen LogP contribution in [0.3, 0.4) is 0 Å². The molecular formula is C18H23NSi. The number of nitrogens with zero attached hydrogens (tertiary/aromatic N) is 1. The third-order valence-electron chi connectivity index (χ3n) is 4.28. The van der Waals surface area contributed by atoms with Gasteiger partial charge < -0.3 is 4.90 Å². The van der Waals surface area contributed by atoms with E-state index in [1.807, 2.05) is 0 Å². The van der Waals surface area contributed by atoms with Crippen molar-refractivity contribution in [1.29, 1.82) is 0 Å². The second-order valence-corrected chi connectivity index (χ2v) is 11.0. The van der Waals surface area contributed by atoms with Crippen LogP contribution in [-0.4, -0.2) is 14.6 Å². The molecule has 0 saturated carbocycles. The van der Waals surface area contributed by atoms with Gasteiger partial charge in [0.2, 0.25) is 0 Å². The lowest BCUT2D eigenvalue weighted by Crippen LogP contribution is -2.59. The van der Waals surface area contributed by atoms with Crippen molar-refractivity contribution in [3.63, 3.8) is 0 Å². The molecule has 2 aromatic rings. The van der Waals surface area contributed by atoms with Gasteiger partial charge in [-0.1, -0.05) is 63.3 Å². The zero-order chi connectivity index (χ0) is 14.3. The molecule has 1 aliphatic rings. The summed E-state index contributed by atoms with van der Waals surface area (Å²) in [7, 11) is -1.57. The molecule has 1 heterocycles. The zero-order valence-electron chi connectivity index (χ0n) is 12.9. The van der Waals surface area contributed by atoms with Crippen LogP contribution < -0.4 is 15.3 Å². The van der Waals surface area contributed by atoms with Crippen molar-refractivity contribution in [2.75, 3.05) is 11.4 Å². The van der Waals surface area contributed by atoms with Gasteiger partial charge in [-0.05, 0) is 28.4 Å². The van der Waals surface area contributed by atoms with E-state index >= 15 is 0 Å². The Morgan fingerprint density at radius 2 is 1.30 bits per heavy atom. The van der Waals surface area contributed by atoms with Gasteiger partial charge in [0.05, 0.1) is 0 Å². The highest BCUT2D eigenvalue weighted by molar-refractivity contribution is 7.02. The molecule has 20 heavy (non-hydrogen) atoms. The first-order valence-electron chi connectivity index (χ1n) is 7.48. The first-order valence-corrected chi connectivity index (χ1v) is 10.5. The molecule has 0 amide bonds. The third-order valence-corrected chi connectivity index (χ3v) is 7.82. The smallest absolute Gasteiger partial charge is 0.117 e. The van der Waals surface area contributed by atoms with Crippen LogP contribution in [0.1, 0.15) is 13.8 Å². The SMILES string of the molecule is CC(C)CN1c2ccccc2[Si](C)(C)c2ccccc21. The molecule has 0 N–H and O–H groups in total. The van der Waals surface area contributed by atoms with E-state index in [0.29, 0.717) is 5.92 Å². The molecule has 104 valence electrons. The molecule has 0 atom stereocenters. The predicted octanol–water partition coefficient (Wildman–Crippen LogP) is 3.62. The maximum absolute atomic E-state index is 2.52. The Morgan fingerprint density at radius 1 is 0.850 bits per heavy atom. The van der Waals surface area contributed by atoms with Gasteiger partial charge in [-0.25, -0.2) is 0 Å². The summed E-state index contributed by atoms with van der Waals surface area (Å²) in [5, 5.41) is 3.14. The van der Waals surface area contributed by atoms with Crippen LogP contribution in [0.2, 0.25) is 13.1 Å². The van der Waals surface area contributed by atoms with Crippen molar-refractivity contribution in [2.24, 2.45) is 5.92 Å². The average Bonchev–Trinajstić information content (AvgIpc) is 2.44. The van der Waals surface area contributed by atoms with Crippen molar-refractivity contribution >= 4 is 29.8 Å². The molecule has 0 fully saturated rings. The molecule has 2 aromatic carbocycles. The minimum Gasteiger partial charge on any atom is -0.341 e. The molecule has 0 aliphatic carbocycles. The fourth-order valence-electron chi connectivity index (χ4n) is 3.31. The average molecular weight is 281 g/mol. The second-order valence-electron chi connectivity index (χ2n) is 6.66. The molecule has 0 saturated heterocycles. The predicted molar refractivity (Wildman–Crippen MR) is 91.5 cm³/mol. The quantitative estimate of drug-likeness (QED) is 0.760. The van der Waals surface area contributed by atoms with Gasteiger partial charge in [0.15, 0.2) is 0 Å². The van der Waals surface area contributed by atoms with Gasteiger partial charge in [0, 0.05) is 17.9 Å². The third kappa shape index (κ3) is 1.99. The van der Waals surface area contributed by atoms with Gasteiger partial charge in [-0.3, -0.25) is 0 Å². The Morgan fingerprint density at radius 3 is 1.75 bits per heavy atom. The van der Waals surface area contributed by atoms with Gasteiger partial charge in [0.25, 0.3) is 0 Å². The van der Waals surface area contributed by atoms with Gasteiger partial charge >= 0.3 is 0 Å². The number of anilines is 2. The summed E-state index contributed by atoms with van der Waals surface area (Å²) in [5.74, 6) is 0.652. The van der Waals surface area contributed by atoms with E-state index in [1.54, 1.807) is 10.4 Å². The van der Waals surface area contributed by atoms with Crippen molar-refractivity contribution < 1.29 is 0 Å². The fraction of sp³-hybridized carbons (Fsp3) is 0.333. The minimum atomic E-state index is -1.57. The van der Waals surface area contributed by atoms with Crippen LogP contribution in [0, 0.1) is 5.92 Å². The Labute approximate surface area is 123 Å². The molecule has 0 aromatic heterocycles. The van der Waals surface area contributed by atoms with Crippen LogP contribution in [0.15, 0.2) is 48.5 Å². The molecule has 3 rings (SSSR count). The van der Waals surface area contributed by atoms with Crippen molar-refractivity contribution in [1.82, 2.24) is 0 Å². The van der Waals surface area contributed by atoms with E-state index < -0.39 is 8.07 Å². The summed E-state index contributed by atoms with van der Waals surface area (Å²) in [6.07, 6.45) is 0. The number of fused-ring (bicyclic) bond motifs is 2. The number of hydrogen-bond acceptors (Lipinski definition) is 1. The summed E-state index contributed by atoms with van der Waals surface area (Å²) in [6, 6.07) is 18.0. The largest absolute Gasteiger partial charge is 0.341 e. The van der Waals surface area contributed by atoms with E-state index in [2.05, 4.69) is 80.4 Å². The Hall–Kier alpha value is -1.54. The Bertz CT molecular complexity index is 581. The van der Waals surface area contributed by atoms with Gasteiger partial charge in [0.1, 0.15) is 8.07 Å². The summed E-state index contributed by atoms with van der Waals surface area (Å²) in [5.41, 5.74) is 2.85. The van der Waals surface area contributed by atoms with E-state index in [1.165, 1.54) is 11.4 Å². The van der Waals surface area contributed by atoms with Crippen LogP contribution >= 0.6 is 0 Å². The number of hydrogen-bond donors (Lipinski definition) is 0. The standard InChI is InChI=1S/C18H23NSi/c1-14(2)13-19-15-9-5-7-11-17(15)20(3,4)18-12-8-6-10-16(18)19/h5-12,14H,13H2,1-4H3. The summed E-state index contributed by atoms with van der Waals surface area (Å²) in [4.78, 5) is 2.52. The van der Waals surface area contributed by atoms with Gasteiger partial charge in [-0.2, -0.15) is 0 Å². The molecule has 1 nitrogen and oxygen atoms in total. The highest BCUT2D eigenvalue weighted by Crippen LogP contribution is 2.31. The second kappa shape index (κ2) is 4.78. The van der Waals surface area contributed by atoms with E-state index in [4.69, 9.17) is 0 Å². The monoisotopic (exact) mass is 281 g/mol. The molecule has 1 aliphatic heterocycles. The van der Waals surface area contributed by atoms with Crippen molar-refractivity contribution in [2.45, 2.75) is 26.9 Å². The van der Waals surface area contributed by atoms with Crippen LogP contribution in [0.25, 0.3) is 0 Å². The molecule has 0 unspecified atom stereocenters. The Kier molecular flexibility index (Phi) is 3.21. The summed E-state index contributed by atoms with van der Waals surface area (Å²) in [6.45, 7) is 10.6. The van der Waals surface area contributed by atoms with Crippen LogP contribution in [-0.2, 0) is 0 Å². The lowest BCUT2D eigenvalue weighted by Gasteiger charge is -2.41. The van der Waals surface area contributed by atoms with Crippen LogP contribution in [0.5, 0.6) is 0 Å². The lowest BCUT2D eigenvalue weighted by atomic mass is 10.1. The van der Waals surface area contributed by atoms with Crippen molar-refractivity contribution in [3.05, 3.63) is 48.5 Å². The summed E-state index contributed by atoms with van der Waals surface area (Å²) >= 11 is 0. The molecule has 0 bridgehead atoms. The van der Waals surface area contributed by atoms with Crippen molar-refractivity contribution in [3.8, 4) is 0 Å². The molecular weight excluding hydrogens is 258 g/mol.